The number of rotatable bonds is 11. The summed E-state index contributed by atoms with van der Waals surface area (Å²) < 4.78 is 11.4. The van der Waals surface area contributed by atoms with Crippen LogP contribution in [0.1, 0.15) is 81.2 Å². The first-order chi connectivity index (χ1) is 13.0. The van der Waals surface area contributed by atoms with Crippen molar-refractivity contribution in [1.82, 2.24) is 5.32 Å². The van der Waals surface area contributed by atoms with Crippen LogP contribution in [-0.4, -0.2) is 22.5 Å². The Morgan fingerprint density at radius 3 is 2.22 bits per heavy atom. The SMILES string of the molecule is CCC(CC)NCc1ccc(C=Cc2ccc(C(=O)C(O)(CC)CC)o2)o1. The zero-order valence-electron chi connectivity index (χ0n) is 16.7. The van der Waals surface area contributed by atoms with Crippen LogP contribution in [0, 0.1) is 0 Å². The predicted molar refractivity (Wildman–Crippen MR) is 107 cm³/mol. The Labute approximate surface area is 161 Å². The maximum atomic E-state index is 12.4. The van der Waals surface area contributed by atoms with Crippen LogP contribution in [0.3, 0.4) is 0 Å². The minimum absolute atomic E-state index is 0.176. The summed E-state index contributed by atoms with van der Waals surface area (Å²) in [5.41, 5.74) is -1.36. The Morgan fingerprint density at radius 2 is 1.63 bits per heavy atom. The van der Waals surface area contributed by atoms with Crippen molar-refractivity contribution < 1.29 is 18.7 Å². The molecule has 0 fully saturated rings. The predicted octanol–water partition coefficient (Wildman–Crippen LogP) is 5.06. The van der Waals surface area contributed by atoms with Crippen molar-refractivity contribution in [3.05, 3.63) is 47.3 Å². The fraction of sp³-hybridized carbons (Fsp3) is 0.500. The maximum absolute atomic E-state index is 12.4. The Hall–Kier alpha value is -2.11. The second kappa shape index (κ2) is 9.72. The van der Waals surface area contributed by atoms with Crippen LogP contribution < -0.4 is 5.32 Å². The van der Waals surface area contributed by atoms with Gasteiger partial charge in [-0.2, -0.15) is 0 Å². The molecule has 0 radical (unpaired) electrons. The van der Waals surface area contributed by atoms with Gasteiger partial charge in [-0.25, -0.2) is 0 Å². The quantitative estimate of drug-likeness (QED) is 0.539. The number of hydrogen-bond acceptors (Lipinski definition) is 5. The van der Waals surface area contributed by atoms with Gasteiger partial charge in [0.05, 0.1) is 6.54 Å². The average molecular weight is 373 g/mol. The van der Waals surface area contributed by atoms with E-state index in [0.29, 0.717) is 31.2 Å². The fourth-order valence-corrected chi connectivity index (χ4v) is 2.93. The zero-order chi connectivity index (χ0) is 19.9. The Kier molecular flexibility index (Phi) is 7.63. The molecule has 2 heterocycles. The van der Waals surface area contributed by atoms with Crippen LogP contribution >= 0.6 is 0 Å². The van der Waals surface area contributed by atoms with Gasteiger partial charge in [0.25, 0.3) is 0 Å². The molecule has 0 bridgehead atoms. The third-order valence-electron chi connectivity index (χ3n) is 5.09. The van der Waals surface area contributed by atoms with Gasteiger partial charge in [0.1, 0.15) is 22.9 Å². The highest BCUT2D eigenvalue weighted by atomic mass is 16.4. The molecule has 0 amide bonds. The van der Waals surface area contributed by atoms with E-state index >= 15 is 0 Å². The van der Waals surface area contributed by atoms with E-state index in [-0.39, 0.29) is 11.5 Å². The largest absolute Gasteiger partial charge is 0.460 e. The summed E-state index contributed by atoms with van der Waals surface area (Å²) in [6.45, 7) is 8.62. The fourth-order valence-electron chi connectivity index (χ4n) is 2.93. The van der Waals surface area contributed by atoms with Crippen molar-refractivity contribution in [2.75, 3.05) is 0 Å². The standard InChI is InChI=1S/C22H31NO4/c1-5-16(6-2)23-15-19-12-11-17(26-19)9-10-18-13-14-20(27-18)21(24)22(25,7-3)8-4/h9-14,16,23,25H,5-8,15H2,1-4H3. The molecule has 0 spiro atoms. The molecule has 0 aliphatic carbocycles. The first-order valence-corrected chi connectivity index (χ1v) is 9.82. The summed E-state index contributed by atoms with van der Waals surface area (Å²) in [7, 11) is 0. The molecule has 0 aliphatic rings. The number of Topliss-reactive ketones (excluding diaryl/α,β-unsaturated/α-hetero) is 1. The summed E-state index contributed by atoms with van der Waals surface area (Å²) in [5, 5.41) is 13.8. The molecule has 0 saturated carbocycles. The lowest BCUT2D eigenvalue weighted by atomic mass is 9.91. The zero-order valence-corrected chi connectivity index (χ0v) is 16.7. The van der Waals surface area contributed by atoms with Gasteiger partial charge in [0.2, 0.25) is 5.78 Å². The van der Waals surface area contributed by atoms with E-state index in [0.717, 1.165) is 24.4 Å². The molecule has 0 aliphatic heterocycles. The molecule has 0 atom stereocenters. The highest BCUT2D eigenvalue weighted by Crippen LogP contribution is 2.23. The highest BCUT2D eigenvalue weighted by Gasteiger charge is 2.34. The van der Waals surface area contributed by atoms with Gasteiger partial charge < -0.3 is 19.3 Å². The molecule has 0 aromatic carbocycles. The molecule has 5 heteroatoms. The van der Waals surface area contributed by atoms with E-state index < -0.39 is 5.60 Å². The van der Waals surface area contributed by atoms with Gasteiger partial charge in [-0.15, -0.1) is 0 Å². The second-order valence-corrected chi connectivity index (χ2v) is 6.80. The topological polar surface area (TPSA) is 75.6 Å². The molecular weight excluding hydrogens is 342 g/mol. The summed E-state index contributed by atoms with van der Waals surface area (Å²) >= 11 is 0. The van der Waals surface area contributed by atoms with Crippen LogP contribution in [0.15, 0.2) is 33.1 Å². The summed E-state index contributed by atoms with van der Waals surface area (Å²) in [6, 6.07) is 7.68. The van der Waals surface area contributed by atoms with E-state index in [1.807, 2.05) is 12.1 Å². The molecule has 148 valence electrons. The van der Waals surface area contributed by atoms with Crippen LogP contribution in [0.25, 0.3) is 12.2 Å². The van der Waals surface area contributed by atoms with Crippen LogP contribution in [-0.2, 0) is 6.54 Å². The lowest BCUT2D eigenvalue weighted by Crippen LogP contribution is -2.36. The molecule has 27 heavy (non-hydrogen) atoms. The smallest absolute Gasteiger partial charge is 0.229 e. The lowest BCUT2D eigenvalue weighted by Gasteiger charge is -2.21. The Bertz CT molecular complexity index is 748. The minimum Gasteiger partial charge on any atom is -0.460 e. The third kappa shape index (κ3) is 5.44. The van der Waals surface area contributed by atoms with Crippen molar-refractivity contribution in [1.29, 1.82) is 0 Å². The van der Waals surface area contributed by atoms with Crippen molar-refractivity contribution in [3.8, 4) is 0 Å². The monoisotopic (exact) mass is 373 g/mol. The second-order valence-electron chi connectivity index (χ2n) is 6.80. The number of hydrogen-bond donors (Lipinski definition) is 2. The summed E-state index contributed by atoms with van der Waals surface area (Å²) in [6.07, 6.45) is 6.45. The lowest BCUT2D eigenvalue weighted by molar-refractivity contribution is 0.0251. The molecule has 2 N–H and O–H groups in total. The van der Waals surface area contributed by atoms with E-state index in [4.69, 9.17) is 8.83 Å². The van der Waals surface area contributed by atoms with Gasteiger partial charge in [-0.05, 0) is 62.1 Å². The van der Waals surface area contributed by atoms with Crippen molar-refractivity contribution in [2.24, 2.45) is 0 Å². The molecule has 2 rings (SSSR count). The van der Waals surface area contributed by atoms with Gasteiger partial charge in [0.15, 0.2) is 5.76 Å². The number of aliphatic hydroxyl groups is 1. The molecular formula is C22H31NO4. The van der Waals surface area contributed by atoms with Gasteiger partial charge in [-0.1, -0.05) is 27.7 Å². The number of nitrogens with one attached hydrogen (secondary N) is 1. The van der Waals surface area contributed by atoms with Gasteiger partial charge in [0, 0.05) is 6.04 Å². The van der Waals surface area contributed by atoms with E-state index in [9.17, 15) is 9.90 Å². The Balaban J connectivity index is 1.99. The summed E-state index contributed by atoms with van der Waals surface area (Å²) in [4.78, 5) is 12.4. The maximum Gasteiger partial charge on any atom is 0.229 e. The molecule has 2 aromatic heterocycles. The van der Waals surface area contributed by atoms with E-state index in [2.05, 4.69) is 19.2 Å². The first kappa shape index (κ1) is 21.2. The van der Waals surface area contributed by atoms with E-state index in [1.165, 1.54) is 0 Å². The first-order valence-electron chi connectivity index (χ1n) is 9.82. The number of furan rings is 2. The van der Waals surface area contributed by atoms with Crippen molar-refractivity contribution in [2.45, 2.75) is 71.6 Å². The number of carbonyl (C=O) groups is 1. The van der Waals surface area contributed by atoms with E-state index in [1.54, 1.807) is 38.1 Å². The van der Waals surface area contributed by atoms with Crippen LogP contribution in [0.4, 0.5) is 0 Å². The normalized spacial score (nSPS) is 12.4. The number of carbonyl (C=O) groups excluding carboxylic acids is 1. The highest BCUT2D eigenvalue weighted by molar-refractivity contribution is 6.00. The minimum atomic E-state index is -1.36. The van der Waals surface area contributed by atoms with Gasteiger partial charge >= 0.3 is 0 Å². The third-order valence-corrected chi connectivity index (χ3v) is 5.09. The molecule has 0 saturated heterocycles. The van der Waals surface area contributed by atoms with Crippen molar-refractivity contribution in [3.63, 3.8) is 0 Å². The Morgan fingerprint density at radius 1 is 1.04 bits per heavy atom. The van der Waals surface area contributed by atoms with Gasteiger partial charge in [-0.3, -0.25) is 4.79 Å². The average Bonchev–Trinajstić information content (AvgIpc) is 3.35. The summed E-state index contributed by atoms with van der Waals surface area (Å²) in [5.74, 6) is 1.95. The number of ketones is 1. The molecule has 0 unspecified atom stereocenters. The molecule has 5 nitrogen and oxygen atoms in total. The molecule has 2 aromatic rings. The van der Waals surface area contributed by atoms with Crippen LogP contribution in [0.5, 0.6) is 0 Å². The van der Waals surface area contributed by atoms with Crippen LogP contribution in [0.2, 0.25) is 0 Å². The van der Waals surface area contributed by atoms with Crippen molar-refractivity contribution >= 4 is 17.9 Å².